The number of methoxy groups -OCH3 is 1. The zero-order chi connectivity index (χ0) is 20.2. The summed E-state index contributed by atoms with van der Waals surface area (Å²) in [4.78, 5) is 20.4. The van der Waals surface area contributed by atoms with Crippen LogP contribution in [0, 0.1) is 5.92 Å². The molecule has 1 heterocycles. The molecule has 1 unspecified atom stereocenters. The number of likely N-dealkylation sites (N-methyl/N-ethyl adjacent to an activating group) is 1. The van der Waals surface area contributed by atoms with Crippen LogP contribution in [0.2, 0.25) is 0 Å². The molecule has 1 amide bonds. The smallest absolute Gasteiger partial charge is 0.243 e. The van der Waals surface area contributed by atoms with Gasteiger partial charge >= 0.3 is 0 Å². The van der Waals surface area contributed by atoms with Crippen LogP contribution < -0.4 is 5.32 Å². The van der Waals surface area contributed by atoms with Gasteiger partial charge in [0.15, 0.2) is 5.96 Å². The molecule has 1 atom stereocenters. The molecule has 2 rings (SSSR count). The number of aliphatic imine (C=N–C) groups is 1. The van der Waals surface area contributed by atoms with Crippen LogP contribution in [0.15, 0.2) is 35.3 Å². The monoisotopic (exact) mass is 390 g/mol. The zero-order valence-electron chi connectivity index (χ0n) is 17.4. The van der Waals surface area contributed by atoms with Gasteiger partial charge in [-0.2, -0.15) is 0 Å². The van der Waals surface area contributed by atoms with Crippen LogP contribution in [0.5, 0.6) is 0 Å². The number of hydrogen-bond donors (Lipinski definition) is 1. The van der Waals surface area contributed by atoms with E-state index in [1.54, 1.807) is 26.1 Å². The Morgan fingerprint density at radius 1 is 1.29 bits per heavy atom. The van der Waals surface area contributed by atoms with Gasteiger partial charge in [0.05, 0.1) is 19.8 Å². The standard InChI is InChI=1S/C21H34N4O3/c1-24(2)20(26)15-23-21(22-11-9-18-7-5-4-6-8-18)25-12-10-19(16-25)17-28-14-13-27-3/h4-8,19H,9-17H2,1-3H3,(H,22,23). The number of rotatable bonds is 10. The van der Waals surface area contributed by atoms with Gasteiger partial charge in [-0.3, -0.25) is 4.79 Å². The lowest BCUT2D eigenvalue weighted by Gasteiger charge is -2.22. The molecule has 28 heavy (non-hydrogen) atoms. The maximum Gasteiger partial charge on any atom is 0.243 e. The van der Waals surface area contributed by atoms with Crippen molar-refractivity contribution >= 4 is 11.9 Å². The van der Waals surface area contributed by atoms with Crippen LogP contribution in [0.25, 0.3) is 0 Å². The fourth-order valence-electron chi connectivity index (χ4n) is 3.07. The quantitative estimate of drug-likeness (QED) is 0.370. The molecule has 1 aromatic carbocycles. The third-order valence-corrected chi connectivity index (χ3v) is 4.77. The van der Waals surface area contributed by atoms with Crippen molar-refractivity contribution < 1.29 is 14.3 Å². The highest BCUT2D eigenvalue weighted by atomic mass is 16.5. The Balaban J connectivity index is 1.88. The van der Waals surface area contributed by atoms with Gasteiger partial charge in [0.25, 0.3) is 0 Å². The molecule has 0 aromatic heterocycles. The van der Waals surface area contributed by atoms with Crippen molar-refractivity contribution in [2.75, 3.05) is 67.2 Å². The second kappa shape index (κ2) is 12.4. The number of guanidine groups is 1. The number of nitrogens with one attached hydrogen (secondary N) is 1. The van der Waals surface area contributed by atoms with Crippen molar-refractivity contribution in [2.45, 2.75) is 12.8 Å². The molecule has 1 aromatic rings. The van der Waals surface area contributed by atoms with E-state index in [0.29, 0.717) is 19.1 Å². The van der Waals surface area contributed by atoms with Crippen molar-refractivity contribution in [1.29, 1.82) is 0 Å². The molecule has 1 aliphatic rings. The Kier molecular flexibility index (Phi) is 9.79. The minimum Gasteiger partial charge on any atom is -0.382 e. The summed E-state index contributed by atoms with van der Waals surface area (Å²) in [6.07, 6.45) is 1.98. The largest absolute Gasteiger partial charge is 0.382 e. The summed E-state index contributed by atoms with van der Waals surface area (Å²) in [6.45, 7) is 4.73. The Morgan fingerprint density at radius 3 is 2.79 bits per heavy atom. The molecular formula is C21H34N4O3. The Hall–Kier alpha value is -2.12. The van der Waals surface area contributed by atoms with E-state index >= 15 is 0 Å². The zero-order valence-corrected chi connectivity index (χ0v) is 17.4. The number of hydrogen-bond acceptors (Lipinski definition) is 4. The first-order chi connectivity index (χ1) is 13.6. The number of nitrogens with zero attached hydrogens (tertiary/aromatic N) is 3. The van der Waals surface area contributed by atoms with E-state index < -0.39 is 0 Å². The van der Waals surface area contributed by atoms with Crippen LogP contribution in [-0.2, 0) is 20.7 Å². The fraction of sp³-hybridized carbons (Fsp3) is 0.619. The topological polar surface area (TPSA) is 66.4 Å². The van der Waals surface area contributed by atoms with Crippen molar-refractivity contribution in [3.05, 3.63) is 35.9 Å². The van der Waals surface area contributed by atoms with Gasteiger partial charge in [-0.15, -0.1) is 0 Å². The molecule has 0 bridgehead atoms. The van der Waals surface area contributed by atoms with Gasteiger partial charge in [-0.25, -0.2) is 4.99 Å². The maximum atomic E-state index is 12.0. The van der Waals surface area contributed by atoms with Gasteiger partial charge in [-0.05, 0) is 18.4 Å². The summed E-state index contributed by atoms with van der Waals surface area (Å²) >= 11 is 0. The number of likely N-dealkylation sites (tertiary alicyclic amines) is 1. The minimum atomic E-state index is 0.000931. The van der Waals surface area contributed by atoms with Gasteiger partial charge in [0, 0.05) is 46.8 Å². The molecule has 7 nitrogen and oxygen atoms in total. The first-order valence-corrected chi connectivity index (χ1v) is 9.94. The first kappa shape index (κ1) is 22.2. The van der Waals surface area contributed by atoms with Crippen LogP contribution in [0.4, 0.5) is 0 Å². The van der Waals surface area contributed by atoms with E-state index in [2.05, 4.69) is 39.5 Å². The maximum absolute atomic E-state index is 12.0. The lowest BCUT2D eigenvalue weighted by atomic mass is 10.1. The fourth-order valence-corrected chi connectivity index (χ4v) is 3.07. The number of ether oxygens (including phenoxy) is 2. The first-order valence-electron chi connectivity index (χ1n) is 9.94. The summed E-state index contributed by atoms with van der Waals surface area (Å²) < 4.78 is 10.7. The number of amides is 1. The molecule has 1 saturated heterocycles. The average Bonchev–Trinajstić information content (AvgIpc) is 3.17. The van der Waals surface area contributed by atoms with Crippen molar-refractivity contribution in [3.8, 4) is 0 Å². The summed E-state index contributed by atoms with van der Waals surface area (Å²) in [6, 6.07) is 10.4. The summed E-state index contributed by atoms with van der Waals surface area (Å²) in [5.41, 5.74) is 1.28. The van der Waals surface area contributed by atoms with Crippen LogP contribution >= 0.6 is 0 Å². The molecule has 1 N–H and O–H groups in total. The highest BCUT2D eigenvalue weighted by molar-refractivity contribution is 5.85. The Morgan fingerprint density at radius 2 is 2.07 bits per heavy atom. The SMILES string of the molecule is COCCOCC1CCN(C(=NCC(=O)N(C)C)NCCc2ccccc2)C1. The Labute approximate surface area is 168 Å². The highest BCUT2D eigenvalue weighted by Crippen LogP contribution is 2.16. The van der Waals surface area contributed by atoms with E-state index in [9.17, 15) is 4.79 Å². The van der Waals surface area contributed by atoms with E-state index in [1.165, 1.54) is 5.56 Å². The van der Waals surface area contributed by atoms with E-state index in [1.807, 2.05) is 6.07 Å². The summed E-state index contributed by atoms with van der Waals surface area (Å²) in [5.74, 6) is 1.29. The van der Waals surface area contributed by atoms with Crippen molar-refractivity contribution in [1.82, 2.24) is 15.1 Å². The second-order valence-electron chi connectivity index (χ2n) is 7.26. The van der Waals surface area contributed by atoms with Crippen LogP contribution in [-0.4, -0.2) is 88.9 Å². The number of benzene rings is 1. The second-order valence-corrected chi connectivity index (χ2v) is 7.26. The van der Waals surface area contributed by atoms with E-state index in [0.717, 1.165) is 45.0 Å². The van der Waals surface area contributed by atoms with Crippen molar-refractivity contribution in [3.63, 3.8) is 0 Å². The van der Waals surface area contributed by atoms with Crippen LogP contribution in [0.3, 0.4) is 0 Å². The Bertz CT molecular complexity index is 607. The molecular weight excluding hydrogens is 356 g/mol. The summed E-state index contributed by atoms with van der Waals surface area (Å²) in [5, 5.41) is 3.45. The van der Waals surface area contributed by atoms with Crippen LogP contribution in [0.1, 0.15) is 12.0 Å². The molecule has 0 spiro atoms. The third kappa shape index (κ3) is 7.86. The molecule has 0 saturated carbocycles. The molecule has 7 heteroatoms. The molecule has 0 aliphatic carbocycles. The van der Waals surface area contributed by atoms with Crippen molar-refractivity contribution in [2.24, 2.45) is 10.9 Å². The molecule has 1 aliphatic heterocycles. The number of carbonyl (C=O) groups is 1. The lowest BCUT2D eigenvalue weighted by molar-refractivity contribution is -0.127. The van der Waals surface area contributed by atoms with Gasteiger partial charge < -0.3 is 24.6 Å². The highest BCUT2D eigenvalue weighted by Gasteiger charge is 2.25. The predicted molar refractivity (Wildman–Crippen MR) is 112 cm³/mol. The normalized spacial score (nSPS) is 17.0. The van der Waals surface area contributed by atoms with Gasteiger partial charge in [0.2, 0.25) is 5.91 Å². The predicted octanol–water partition coefficient (Wildman–Crippen LogP) is 1.25. The van der Waals surface area contributed by atoms with E-state index in [-0.39, 0.29) is 12.5 Å². The van der Waals surface area contributed by atoms with Gasteiger partial charge in [0.1, 0.15) is 6.54 Å². The van der Waals surface area contributed by atoms with Gasteiger partial charge in [-0.1, -0.05) is 30.3 Å². The lowest BCUT2D eigenvalue weighted by Crippen LogP contribution is -2.42. The third-order valence-electron chi connectivity index (χ3n) is 4.77. The number of carbonyl (C=O) groups excluding carboxylic acids is 1. The average molecular weight is 391 g/mol. The molecule has 1 fully saturated rings. The summed E-state index contributed by atoms with van der Waals surface area (Å²) in [7, 11) is 5.19. The molecule has 0 radical (unpaired) electrons. The minimum absolute atomic E-state index is 0.000931. The molecule has 156 valence electrons. The van der Waals surface area contributed by atoms with E-state index in [4.69, 9.17) is 9.47 Å².